The highest BCUT2D eigenvalue weighted by Crippen LogP contribution is 2.33. The summed E-state index contributed by atoms with van der Waals surface area (Å²) in [6.45, 7) is 6.27. The Kier molecular flexibility index (Phi) is 3.57. The molecule has 0 radical (unpaired) electrons. The number of hydrogen-bond donors (Lipinski definition) is 1. The Hall–Kier alpha value is -2.67. The highest BCUT2D eigenvalue weighted by molar-refractivity contribution is 5.80. The zero-order valence-corrected chi connectivity index (χ0v) is 14.0. The van der Waals surface area contributed by atoms with E-state index in [0.717, 1.165) is 43.0 Å². The van der Waals surface area contributed by atoms with Crippen molar-refractivity contribution in [3.8, 4) is 11.1 Å². The summed E-state index contributed by atoms with van der Waals surface area (Å²) in [5.74, 6) is 0.473. The van der Waals surface area contributed by atoms with Crippen LogP contribution >= 0.6 is 0 Å². The largest absolute Gasteiger partial charge is 0.382 e. The fraction of sp³-hybridized carbons (Fsp3) is 0.353. The van der Waals surface area contributed by atoms with E-state index in [0.29, 0.717) is 5.82 Å². The van der Waals surface area contributed by atoms with Gasteiger partial charge in [-0.1, -0.05) is 0 Å². The first-order chi connectivity index (χ1) is 11.6. The molecule has 1 saturated heterocycles. The predicted molar refractivity (Wildman–Crippen MR) is 95.1 cm³/mol. The van der Waals surface area contributed by atoms with Gasteiger partial charge in [0.25, 0.3) is 0 Å². The third-order valence-electron chi connectivity index (χ3n) is 4.56. The maximum Gasteiger partial charge on any atom is 0.157 e. The number of anilines is 2. The molecule has 4 rings (SSSR count). The lowest BCUT2D eigenvalue weighted by atomic mass is 10.0. The first kappa shape index (κ1) is 14.9. The van der Waals surface area contributed by atoms with Crippen LogP contribution in [0.2, 0.25) is 0 Å². The third-order valence-corrected chi connectivity index (χ3v) is 4.56. The molecule has 124 valence electrons. The van der Waals surface area contributed by atoms with Crippen LogP contribution in [-0.2, 0) is 0 Å². The van der Waals surface area contributed by atoms with Crippen LogP contribution in [-0.4, -0.2) is 57.7 Å². The van der Waals surface area contributed by atoms with Gasteiger partial charge in [-0.2, -0.15) is 0 Å². The molecule has 0 spiro atoms. The molecule has 1 aliphatic rings. The molecule has 3 aromatic rings. The van der Waals surface area contributed by atoms with Crippen molar-refractivity contribution in [2.45, 2.75) is 6.92 Å². The Bertz CT molecular complexity index is 878. The van der Waals surface area contributed by atoms with Crippen LogP contribution in [0.5, 0.6) is 0 Å². The van der Waals surface area contributed by atoms with Gasteiger partial charge in [0, 0.05) is 68.2 Å². The van der Waals surface area contributed by atoms with Gasteiger partial charge < -0.3 is 15.5 Å². The summed E-state index contributed by atoms with van der Waals surface area (Å²) < 4.78 is 1.72. The van der Waals surface area contributed by atoms with Crippen molar-refractivity contribution in [2.75, 3.05) is 43.9 Å². The SMILES string of the molecule is Cc1cncc(-c2cnc3cc(N)nn3c2)c1N1CCN(C)CC1. The summed E-state index contributed by atoms with van der Waals surface area (Å²) in [6, 6.07) is 1.76. The number of rotatable bonds is 2. The quantitative estimate of drug-likeness (QED) is 0.769. The molecule has 2 N–H and O–H groups in total. The molecule has 7 heteroatoms. The summed E-state index contributed by atoms with van der Waals surface area (Å²) in [5.41, 5.74) is 11.0. The molecule has 0 amide bonds. The van der Waals surface area contributed by atoms with E-state index in [1.165, 1.54) is 11.3 Å². The zero-order valence-electron chi connectivity index (χ0n) is 14.0. The van der Waals surface area contributed by atoms with E-state index in [4.69, 9.17) is 5.73 Å². The Balaban J connectivity index is 1.80. The van der Waals surface area contributed by atoms with Gasteiger partial charge in [0.15, 0.2) is 5.65 Å². The number of nitrogens with two attached hydrogens (primary N) is 1. The highest BCUT2D eigenvalue weighted by atomic mass is 15.3. The minimum absolute atomic E-state index is 0.473. The fourth-order valence-electron chi connectivity index (χ4n) is 3.25. The van der Waals surface area contributed by atoms with Crippen LogP contribution in [0.1, 0.15) is 5.56 Å². The van der Waals surface area contributed by atoms with Crippen LogP contribution in [0.15, 0.2) is 30.9 Å². The van der Waals surface area contributed by atoms with E-state index in [1.54, 1.807) is 10.6 Å². The number of aromatic nitrogens is 4. The second-order valence-corrected chi connectivity index (χ2v) is 6.36. The Labute approximate surface area is 140 Å². The molecular formula is C17H21N7. The van der Waals surface area contributed by atoms with Crippen molar-refractivity contribution in [3.05, 3.63) is 36.4 Å². The van der Waals surface area contributed by atoms with Gasteiger partial charge >= 0.3 is 0 Å². The molecule has 1 aliphatic heterocycles. The second kappa shape index (κ2) is 5.76. The van der Waals surface area contributed by atoms with Gasteiger partial charge in [-0.05, 0) is 19.5 Å². The smallest absolute Gasteiger partial charge is 0.157 e. The van der Waals surface area contributed by atoms with Gasteiger partial charge in [0.1, 0.15) is 5.82 Å². The van der Waals surface area contributed by atoms with Gasteiger partial charge in [-0.25, -0.2) is 9.50 Å². The number of aryl methyl sites for hydroxylation is 1. The number of pyridine rings is 1. The number of nitrogen functional groups attached to an aromatic ring is 1. The summed E-state index contributed by atoms with van der Waals surface area (Å²) in [4.78, 5) is 13.7. The maximum atomic E-state index is 5.77. The second-order valence-electron chi connectivity index (χ2n) is 6.36. The number of fused-ring (bicyclic) bond motifs is 1. The molecule has 24 heavy (non-hydrogen) atoms. The van der Waals surface area contributed by atoms with E-state index < -0.39 is 0 Å². The molecule has 1 fully saturated rings. The maximum absolute atomic E-state index is 5.77. The summed E-state index contributed by atoms with van der Waals surface area (Å²) >= 11 is 0. The molecule has 0 aromatic carbocycles. The zero-order chi connectivity index (χ0) is 16.7. The number of likely N-dealkylation sites (N-methyl/N-ethyl adjacent to an activating group) is 1. The van der Waals surface area contributed by atoms with Crippen LogP contribution in [0, 0.1) is 6.92 Å². The minimum atomic E-state index is 0.473. The van der Waals surface area contributed by atoms with Crippen LogP contribution < -0.4 is 10.6 Å². The lowest BCUT2D eigenvalue weighted by Crippen LogP contribution is -2.45. The fourth-order valence-corrected chi connectivity index (χ4v) is 3.25. The number of piperazine rings is 1. The average Bonchev–Trinajstić information content (AvgIpc) is 2.95. The average molecular weight is 323 g/mol. The number of hydrogen-bond acceptors (Lipinski definition) is 6. The minimum Gasteiger partial charge on any atom is -0.382 e. The van der Waals surface area contributed by atoms with Gasteiger partial charge in [0.05, 0.1) is 5.69 Å². The molecule has 0 saturated carbocycles. The van der Waals surface area contributed by atoms with Gasteiger partial charge in [-0.15, -0.1) is 5.10 Å². The van der Waals surface area contributed by atoms with E-state index in [9.17, 15) is 0 Å². The van der Waals surface area contributed by atoms with Gasteiger partial charge in [0.2, 0.25) is 0 Å². The van der Waals surface area contributed by atoms with E-state index >= 15 is 0 Å². The van der Waals surface area contributed by atoms with Crippen LogP contribution in [0.4, 0.5) is 11.5 Å². The Morgan fingerprint density at radius 3 is 2.67 bits per heavy atom. The Morgan fingerprint density at radius 2 is 1.88 bits per heavy atom. The molecule has 4 heterocycles. The predicted octanol–water partition coefficient (Wildman–Crippen LogP) is 1.43. The monoisotopic (exact) mass is 323 g/mol. The highest BCUT2D eigenvalue weighted by Gasteiger charge is 2.20. The van der Waals surface area contributed by atoms with Crippen molar-refractivity contribution in [1.29, 1.82) is 0 Å². The standard InChI is InChI=1S/C17H21N7/c1-12-8-19-10-14(17(12)23-5-3-22(2)4-6-23)13-9-20-16-7-15(18)21-24(16)11-13/h7-11H,3-6H2,1-2H3,(H2,18,21). The first-order valence-electron chi connectivity index (χ1n) is 8.11. The lowest BCUT2D eigenvalue weighted by molar-refractivity contribution is 0.313. The molecule has 0 bridgehead atoms. The van der Waals surface area contributed by atoms with Crippen molar-refractivity contribution in [3.63, 3.8) is 0 Å². The summed E-state index contributed by atoms with van der Waals surface area (Å²) in [7, 11) is 2.16. The lowest BCUT2D eigenvalue weighted by Gasteiger charge is -2.36. The summed E-state index contributed by atoms with van der Waals surface area (Å²) in [6.07, 6.45) is 7.67. The van der Waals surface area contributed by atoms with Crippen LogP contribution in [0.3, 0.4) is 0 Å². The van der Waals surface area contributed by atoms with Crippen molar-refractivity contribution in [1.82, 2.24) is 24.5 Å². The topological polar surface area (TPSA) is 75.6 Å². The molecule has 0 atom stereocenters. The molecular weight excluding hydrogens is 302 g/mol. The van der Waals surface area contributed by atoms with Crippen molar-refractivity contribution in [2.24, 2.45) is 0 Å². The number of nitrogens with zero attached hydrogens (tertiary/aromatic N) is 6. The summed E-state index contributed by atoms with van der Waals surface area (Å²) in [5, 5.41) is 4.27. The van der Waals surface area contributed by atoms with E-state index in [-0.39, 0.29) is 0 Å². The van der Waals surface area contributed by atoms with Gasteiger partial charge in [-0.3, -0.25) is 4.98 Å². The Morgan fingerprint density at radius 1 is 1.08 bits per heavy atom. The van der Waals surface area contributed by atoms with Crippen molar-refractivity contribution < 1.29 is 0 Å². The molecule has 7 nitrogen and oxygen atoms in total. The molecule has 0 unspecified atom stereocenters. The van der Waals surface area contributed by atoms with E-state index in [1.807, 2.05) is 24.8 Å². The van der Waals surface area contributed by atoms with Crippen LogP contribution in [0.25, 0.3) is 16.8 Å². The first-order valence-corrected chi connectivity index (χ1v) is 8.11. The molecule has 0 aliphatic carbocycles. The van der Waals surface area contributed by atoms with Crippen molar-refractivity contribution >= 4 is 17.2 Å². The van der Waals surface area contributed by atoms with E-state index in [2.05, 4.69) is 38.8 Å². The normalized spacial score (nSPS) is 16.0. The third kappa shape index (κ3) is 2.56. The molecule has 3 aromatic heterocycles.